The van der Waals surface area contributed by atoms with Crippen LogP contribution in [0.25, 0.3) is 22.1 Å². The minimum atomic E-state index is -4.93. The highest BCUT2D eigenvalue weighted by Crippen LogP contribution is 2.38. The van der Waals surface area contributed by atoms with Crippen LogP contribution in [-0.2, 0) is 12.8 Å². The van der Waals surface area contributed by atoms with Crippen LogP contribution in [-0.4, -0.2) is 11.1 Å². The molecular formula is C22H12ClF3O6. The minimum Gasteiger partial charge on any atom is -0.486 e. The van der Waals surface area contributed by atoms with E-state index in [2.05, 4.69) is 0 Å². The van der Waals surface area contributed by atoms with Gasteiger partial charge in [-0.05, 0) is 42.0 Å². The van der Waals surface area contributed by atoms with Crippen molar-refractivity contribution in [3.05, 3.63) is 87.1 Å². The second-order valence-electron chi connectivity index (χ2n) is 6.66. The maximum atomic E-state index is 13.7. The Kier molecular flexibility index (Phi) is 5.43. The van der Waals surface area contributed by atoms with Gasteiger partial charge in [0.15, 0.2) is 0 Å². The van der Waals surface area contributed by atoms with Crippen LogP contribution in [0.15, 0.2) is 68.2 Å². The van der Waals surface area contributed by atoms with Crippen LogP contribution in [0.5, 0.6) is 5.75 Å². The van der Waals surface area contributed by atoms with Crippen molar-refractivity contribution in [2.24, 2.45) is 0 Å². The van der Waals surface area contributed by atoms with E-state index < -0.39 is 28.9 Å². The molecule has 2 aromatic carbocycles. The number of benzene rings is 2. The second-order valence-corrected chi connectivity index (χ2v) is 7.09. The molecule has 0 fully saturated rings. The molecule has 0 spiro atoms. The van der Waals surface area contributed by atoms with Crippen molar-refractivity contribution in [3.8, 4) is 16.9 Å². The third-order valence-corrected chi connectivity index (χ3v) is 4.76. The van der Waals surface area contributed by atoms with Gasteiger partial charge in [0, 0.05) is 11.1 Å². The number of aromatic carboxylic acids is 1. The monoisotopic (exact) mass is 464 g/mol. The summed E-state index contributed by atoms with van der Waals surface area (Å²) < 4.78 is 56.7. The van der Waals surface area contributed by atoms with Crippen molar-refractivity contribution in [1.29, 1.82) is 0 Å². The molecule has 10 heteroatoms. The van der Waals surface area contributed by atoms with Gasteiger partial charge in [-0.2, -0.15) is 13.2 Å². The standard InChI is InChI=1S/C22H12ClF3O6/c23-12-3-1-11(2-4-12)18-19(27)15-7-5-13(9-17(15)32-20(18)22(24,25)26)30-10-14-6-8-16(31-14)21(28)29/h1-9H,10H2,(H,28,29). The third-order valence-electron chi connectivity index (χ3n) is 4.51. The number of hydrogen-bond acceptors (Lipinski definition) is 5. The molecule has 0 radical (unpaired) electrons. The van der Waals surface area contributed by atoms with Crippen LogP contribution in [0.4, 0.5) is 13.2 Å². The molecule has 6 nitrogen and oxygen atoms in total. The predicted octanol–water partition coefficient (Wildman–Crippen LogP) is 6.00. The average Bonchev–Trinajstić information content (AvgIpc) is 3.22. The lowest BCUT2D eigenvalue weighted by molar-refractivity contribution is -0.152. The molecule has 0 bridgehead atoms. The van der Waals surface area contributed by atoms with E-state index in [-0.39, 0.29) is 40.4 Å². The van der Waals surface area contributed by atoms with E-state index in [1.807, 2.05) is 0 Å². The van der Waals surface area contributed by atoms with Crippen molar-refractivity contribution >= 4 is 28.5 Å². The Labute approximate surface area is 182 Å². The Balaban J connectivity index is 1.74. The number of halogens is 4. The van der Waals surface area contributed by atoms with E-state index in [1.54, 1.807) is 0 Å². The van der Waals surface area contributed by atoms with Crippen molar-refractivity contribution in [2.75, 3.05) is 0 Å². The normalized spacial score (nSPS) is 11.6. The SMILES string of the molecule is O=C(O)c1ccc(COc2ccc3c(=O)c(-c4ccc(Cl)cc4)c(C(F)(F)F)oc3c2)o1. The molecule has 0 aliphatic carbocycles. The van der Waals surface area contributed by atoms with Crippen molar-refractivity contribution in [2.45, 2.75) is 12.8 Å². The molecular weight excluding hydrogens is 453 g/mol. The fraction of sp³-hybridized carbons (Fsp3) is 0.0909. The summed E-state index contributed by atoms with van der Waals surface area (Å²) in [7, 11) is 0. The van der Waals surface area contributed by atoms with Gasteiger partial charge in [-0.3, -0.25) is 4.79 Å². The van der Waals surface area contributed by atoms with Crippen LogP contribution in [0.3, 0.4) is 0 Å². The first-order valence-corrected chi connectivity index (χ1v) is 9.40. The zero-order chi connectivity index (χ0) is 23.0. The Bertz CT molecular complexity index is 1370. The molecule has 32 heavy (non-hydrogen) atoms. The van der Waals surface area contributed by atoms with Crippen molar-refractivity contribution < 1.29 is 36.6 Å². The Morgan fingerprint density at radius 3 is 2.38 bits per heavy atom. The average molecular weight is 465 g/mol. The van der Waals surface area contributed by atoms with E-state index in [4.69, 9.17) is 30.3 Å². The zero-order valence-electron chi connectivity index (χ0n) is 15.9. The molecule has 4 aromatic rings. The van der Waals surface area contributed by atoms with E-state index in [0.29, 0.717) is 5.02 Å². The Hall–Kier alpha value is -3.72. The van der Waals surface area contributed by atoms with E-state index in [0.717, 1.165) is 6.07 Å². The van der Waals surface area contributed by atoms with E-state index in [1.165, 1.54) is 48.5 Å². The van der Waals surface area contributed by atoms with Crippen LogP contribution < -0.4 is 10.2 Å². The summed E-state index contributed by atoms with van der Waals surface area (Å²) in [5.41, 5.74) is -1.77. The summed E-state index contributed by atoms with van der Waals surface area (Å²) in [5.74, 6) is -2.68. The van der Waals surface area contributed by atoms with Gasteiger partial charge in [0.2, 0.25) is 16.9 Å². The maximum absolute atomic E-state index is 13.7. The summed E-state index contributed by atoms with van der Waals surface area (Å²) in [5, 5.41) is 9.10. The summed E-state index contributed by atoms with van der Waals surface area (Å²) in [6.45, 7) is -0.183. The van der Waals surface area contributed by atoms with Gasteiger partial charge >= 0.3 is 12.1 Å². The van der Waals surface area contributed by atoms with Gasteiger partial charge in [0.25, 0.3) is 0 Å². The number of ether oxygens (including phenoxy) is 1. The zero-order valence-corrected chi connectivity index (χ0v) is 16.7. The number of carbonyl (C=O) groups is 1. The highest BCUT2D eigenvalue weighted by molar-refractivity contribution is 6.30. The number of alkyl halides is 3. The lowest BCUT2D eigenvalue weighted by Crippen LogP contribution is -2.16. The third kappa shape index (κ3) is 4.19. The highest BCUT2D eigenvalue weighted by atomic mass is 35.5. The number of carboxylic acid groups (broad SMARTS) is 1. The minimum absolute atomic E-state index is 0.0183. The van der Waals surface area contributed by atoms with Gasteiger partial charge in [0.05, 0.1) is 10.9 Å². The lowest BCUT2D eigenvalue weighted by atomic mass is 10.0. The van der Waals surface area contributed by atoms with E-state index in [9.17, 15) is 22.8 Å². The number of fused-ring (bicyclic) bond motifs is 1. The summed E-state index contributed by atoms with van der Waals surface area (Å²) >= 11 is 5.80. The van der Waals surface area contributed by atoms with Crippen molar-refractivity contribution in [1.82, 2.24) is 0 Å². The fourth-order valence-corrected chi connectivity index (χ4v) is 3.19. The molecule has 0 aliphatic heterocycles. The molecule has 0 saturated carbocycles. The van der Waals surface area contributed by atoms with Crippen molar-refractivity contribution in [3.63, 3.8) is 0 Å². The summed E-state index contributed by atoms with van der Waals surface area (Å²) in [6, 6.07) is 11.8. The van der Waals surface area contributed by atoms with Gasteiger partial charge in [-0.15, -0.1) is 0 Å². The van der Waals surface area contributed by atoms with Gasteiger partial charge in [-0.1, -0.05) is 23.7 Å². The molecule has 2 heterocycles. The van der Waals surface area contributed by atoms with Crippen LogP contribution >= 0.6 is 11.6 Å². The van der Waals surface area contributed by atoms with Crippen LogP contribution in [0.2, 0.25) is 5.02 Å². The molecule has 0 saturated heterocycles. The fourth-order valence-electron chi connectivity index (χ4n) is 3.07. The molecule has 164 valence electrons. The second kappa shape index (κ2) is 8.08. The molecule has 4 rings (SSSR count). The summed E-state index contributed by atoms with van der Waals surface area (Å²) in [4.78, 5) is 23.8. The number of rotatable bonds is 5. The number of carboxylic acids is 1. The first-order chi connectivity index (χ1) is 15.1. The molecule has 0 amide bonds. The molecule has 2 aromatic heterocycles. The quantitative estimate of drug-likeness (QED) is 0.389. The largest absolute Gasteiger partial charge is 0.486 e. The Morgan fingerprint density at radius 2 is 1.75 bits per heavy atom. The predicted molar refractivity (Wildman–Crippen MR) is 108 cm³/mol. The lowest BCUT2D eigenvalue weighted by Gasteiger charge is -2.13. The van der Waals surface area contributed by atoms with Crippen LogP contribution in [0.1, 0.15) is 22.1 Å². The first-order valence-electron chi connectivity index (χ1n) is 9.02. The topological polar surface area (TPSA) is 89.9 Å². The van der Waals surface area contributed by atoms with Gasteiger partial charge in [-0.25, -0.2) is 4.79 Å². The number of hydrogen-bond donors (Lipinski definition) is 1. The van der Waals surface area contributed by atoms with E-state index >= 15 is 0 Å². The number of furan rings is 1. The van der Waals surface area contributed by atoms with Crippen LogP contribution in [0, 0.1) is 0 Å². The smallest absolute Gasteiger partial charge is 0.450 e. The molecule has 0 aliphatic rings. The molecule has 0 atom stereocenters. The molecule has 0 unspecified atom stereocenters. The highest BCUT2D eigenvalue weighted by Gasteiger charge is 2.39. The molecule has 1 N–H and O–H groups in total. The van der Waals surface area contributed by atoms with Gasteiger partial charge in [0.1, 0.15) is 23.7 Å². The Morgan fingerprint density at radius 1 is 1.03 bits per heavy atom. The first kappa shape index (κ1) is 21.5. The summed E-state index contributed by atoms with van der Waals surface area (Å²) in [6.07, 6.45) is -4.93. The maximum Gasteiger partial charge on any atom is 0.450 e. The van der Waals surface area contributed by atoms with Gasteiger partial charge < -0.3 is 18.7 Å².